The van der Waals surface area contributed by atoms with E-state index in [0.29, 0.717) is 47.7 Å². The maximum Gasteiger partial charge on any atom is 0.258 e. The highest BCUT2D eigenvalue weighted by atomic mass is 35.5. The van der Waals surface area contributed by atoms with Crippen LogP contribution in [0.2, 0.25) is 5.02 Å². The molecule has 1 amide bonds. The Hall–Kier alpha value is -4.41. The molecule has 0 spiro atoms. The minimum absolute atomic E-state index is 0.298. The van der Waals surface area contributed by atoms with Gasteiger partial charge in [0.15, 0.2) is 11.6 Å². The van der Waals surface area contributed by atoms with E-state index in [1.807, 2.05) is 42.5 Å². The van der Waals surface area contributed by atoms with Crippen molar-refractivity contribution in [3.8, 4) is 17.3 Å². The van der Waals surface area contributed by atoms with E-state index in [2.05, 4.69) is 20.2 Å². The van der Waals surface area contributed by atoms with Crippen molar-refractivity contribution in [2.45, 2.75) is 6.54 Å². The highest BCUT2D eigenvalue weighted by Crippen LogP contribution is 2.26. The van der Waals surface area contributed by atoms with Gasteiger partial charge in [-0.2, -0.15) is 5.10 Å². The van der Waals surface area contributed by atoms with Gasteiger partial charge in [-0.25, -0.2) is 9.97 Å². The van der Waals surface area contributed by atoms with Gasteiger partial charge in [-0.05, 0) is 48.0 Å². The maximum atomic E-state index is 13.1. The molecule has 1 fully saturated rings. The quantitative estimate of drug-likeness (QED) is 0.308. The van der Waals surface area contributed by atoms with Crippen LogP contribution in [0.1, 0.15) is 15.9 Å². The van der Waals surface area contributed by atoms with Crippen LogP contribution in [-0.4, -0.2) is 64.1 Å². The summed E-state index contributed by atoms with van der Waals surface area (Å²) in [6, 6.07) is 18.7. The van der Waals surface area contributed by atoms with Gasteiger partial charge in [0.25, 0.3) is 5.91 Å². The number of aromatic amines is 1. The molecule has 0 radical (unpaired) electrons. The van der Waals surface area contributed by atoms with Crippen molar-refractivity contribution in [2.75, 3.05) is 43.6 Å². The molecule has 0 unspecified atom stereocenters. The summed E-state index contributed by atoms with van der Waals surface area (Å²) < 4.78 is 12.5. The first-order valence-electron chi connectivity index (χ1n) is 12.5. The van der Waals surface area contributed by atoms with Crippen molar-refractivity contribution in [3.05, 3.63) is 83.0 Å². The van der Waals surface area contributed by atoms with Crippen molar-refractivity contribution >= 4 is 40.2 Å². The van der Waals surface area contributed by atoms with Crippen LogP contribution in [0.3, 0.4) is 0 Å². The zero-order valence-corrected chi connectivity index (χ0v) is 22.0. The minimum Gasteiger partial charge on any atom is -0.497 e. The number of anilines is 2. The summed E-state index contributed by atoms with van der Waals surface area (Å²) in [5.74, 6) is 2.32. The molecule has 2 N–H and O–H groups in total. The Labute approximate surface area is 229 Å². The molecule has 39 heavy (non-hydrogen) atoms. The highest BCUT2D eigenvalue weighted by molar-refractivity contribution is 6.31. The standard InChI is InChI=1S/C28H26ClN7O3/c1-38-21-6-2-18(3-7-21)17-36-24(27-31-22-8-5-20(29)14-23(22)32-27)15-25(34-36)33-28(37)19-4-9-26(30-16-19)35-10-12-39-13-11-35/h2-9,14-16H,10-13,17H2,1H3,(H,31,32)(H,33,34,37). The van der Waals surface area contributed by atoms with Crippen molar-refractivity contribution in [1.29, 1.82) is 0 Å². The van der Waals surface area contributed by atoms with Crippen LogP contribution in [-0.2, 0) is 11.3 Å². The zero-order valence-electron chi connectivity index (χ0n) is 21.2. The van der Waals surface area contributed by atoms with E-state index in [-0.39, 0.29) is 5.91 Å². The summed E-state index contributed by atoms with van der Waals surface area (Å²) in [5, 5.41) is 8.21. The smallest absolute Gasteiger partial charge is 0.258 e. The van der Waals surface area contributed by atoms with E-state index in [4.69, 9.17) is 31.2 Å². The molecule has 6 rings (SSSR count). The number of H-pyrrole nitrogens is 1. The topological polar surface area (TPSA) is 110 Å². The minimum atomic E-state index is -0.298. The lowest BCUT2D eigenvalue weighted by Crippen LogP contribution is -2.36. The SMILES string of the molecule is COc1ccc(Cn2nc(NC(=O)c3ccc(N4CCOCC4)nc3)cc2-c2nc3cc(Cl)ccc3[nH]2)cc1. The molecule has 1 aliphatic heterocycles. The summed E-state index contributed by atoms with van der Waals surface area (Å²) in [6.45, 7) is 3.36. The summed E-state index contributed by atoms with van der Waals surface area (Å²) in [4.78, 5) is 27.8. The van der Waals surface area contributed by atoms with Crippen LogP contribution in [0.25, 0.3) is 22.6 Å². The number of imidazole rings is 1. The predicted molar refractivity (Wildman–Crippen MR) is 150 cm³/mol. The normalized spacial score (nSPS) is 13.5. The lowest BCUT2D eigenvalue weighted by atomic mass is 10.2. The van der Waals surface area contributed by atoms with Crippen LogP contribution in [0.15, 0.2) is 66.9 Å². The maximum absolute atomic E-state index is 13.1. The van der Waals surface area contributed by atoms with Crippen molar-refractivity contribution < 1.29 is 14.3 Å². The molecule has 1 aliphatic rings. The highest BCUT2D eigenvalue weighted by Gasteiger charge is 2.18. The van der Waals surface area contributed by atoms with Gasteiger partial charge in [-0.1, -0.05) is 23.7 Å². The van der Waals surface area contributed by atoms with Crippen LogP contribution in [0.5, 0.6) is 5.75 Å². The van der Waals surface area contributed by atoms with Gasteiger partial charge in [0.05, 0.1) is 43.5 Å². The molecule has 1 saturated heterocycles. The number of pyridine rings is 1. The molecule has 0 aliphatic carbocycles. The molecule has 0 bridgehead atoms. The summed E-state index contributed by atoms with van der Waals surface area (Å²) in [5.41, 5.74) is 3.77. The summed E-state index contributed by atoms with van der Waals surface area (Å²) in [6.07, 6.45) is 1.58. The third kappa shape index (κ3) is 5.43. The summed E-state index contributed by atoms with van der Waals surface area (Å²) in [7, 11) is 1.63. The number of carbonyl (C=O) groups excluding carboxylic acids is 1. The largest absolute Gasteiger partial charge is 0.497 e. The number of carbonyl (C=O) groups is 1. The average molecular weight is 544 g/mol. The molecular weight excluding hydrogens is 518 g/mol. The van der Waals surface area contributed by atoms with Crippen LogP contribution < -0.4 is 15.0 Å². The number of hydrogen-bond acceptors (Lipinski definition) is 7. The molecule has 5 aromatic rings. The van der Waals surface area contributed by atoms with Crippen LogP contribution in [0, 0.1) is 0 Å². The lowest BCUT2D eigenvalue weighted by Gasteiger charge is -2.27. The van der Waals surface area contributed by atoms with E-state index < -0.39 is 0 Å². The number of rotatable bonds is 7. The number of nitrogens with zero attached hydrogens (tertiary/aromatic N) is 5. The van der Waals surface area contributed by atoms with Gasteiger partial charge < -0.3 is 24.7 Å². The molecule has 2 aromatic carbocycles. The van der Waals surface area contributed by atoms with Gasteiger partial charge in [-0.3, -0.25) is 9.48 Å². The summed E-state index contributed by atoms with van der Waals surface area (Å²) >= 11 is 6.17. The Morgan fingerprint density at radius 3 is 2.67 bits per heavy atom. The van der Waals surface area contributed by atoms with E-state index in [1.54, 1.807) is 36.2 Å². The Balaban J connectivity index is 1.28. The Kier molecular flexibility index (Phi) is 6.87. The van der Waals surface area contributed by atoms with E-state index in [1.165, 1.54) is 0 Å². The average Bonchev–Trinajstić information content (AvgIpc) is 3.57. The fourth-order valence-electron chi connectivity index (χ4n) is 4.48. The van der Waals surface area contributed by atoms with Crippen molar-refractivity contribution in [3.63, 3.8) is 0 Å². The van der Waals surface area contributed by atoms with Gasteiger partial charge in [-0.15, -0.1) is 0 Å². The first kappa shape index (κ1) is 24.9. The second kappa shape index (κ2) is 10.8. The predicted octanol–water partition coefficient (Wildman–Crippen LogP) is 4.62. The number of fused-ring (bicyclic) bond motifs is 1. The van der Waals surface area contributed by atoms with Gasteiger partial charge in [0.1, 0.15) is 17.3 Å². The van der Waals surface area contributed by atoms with E-state index >= 15 is 0 Å². The first-order valence-corrected chi connectivity index (χ1v) is 12.9. The number of halogens is 1. The van der Waals surface area contributed by atoms with Gasteiger partial charge in [0.2, 0.25) is 0 Å². The molecule has 4 heterocycles. The van der Waals surface area contributed by atoms with Crippen LogP contribution in [0.4, 0.5) is 11.6 Å². The number of hydrogen-bond donors (Lipinski definition) is 2. The van der Waals surface area contributed by atoms with Crippen molar-refractivity contribution in [2.24, 2.45) is 0 Å². The number of ether oxygens (including phenoxy) is 2. The molecule has 10 nitrogen and oxygen atoms in total. The second-order valence-corrected chi connectivity index (χ2v) is 9.56. The number of nitrogens with one attached hydrogen (secondary N) is 2. The lowest BCUT2D eigenvalue weighted by molar-refractivity contribution is 0.102. The number of methoxy groups -OCH3 is 1. The Bertz CT molecular complexity index is 1610. The number of aromatic nitrogens is 5. The van der Waals surface area contributed by atoms with Gasteiger partial charge >= 0.3 is 0 Å². The molecule has 3 aromatic heterocycles. The fraction of sp³-hybridized carbons (Fsp3) is 0.214. The molecule has 0 saturated carbocycles. The van der Waals surface area contributed by atoms with Gasteiger partial charge in [0, 0.05) is 30.4 Å². The monoisotopic (exact) mass is 543 g/mol. The third-order valence-corrected chi connectivity index (χ3v) is 6.78. The molecule has 198 valence electrons. The third-order valence-electron chi connectivity index (χ3n) is 6.55. The van der Waals surface area contributed by atoms with Crippen LogP contribution >= 0.6 is 11.6 Å². The zero-order chi connectivity index (χ0) is 26.8. The Morgan fingerprint density at radius 2 is 1.92 bits per heavy atom. The number of benzene rings is 2. The molecule has 11 heteroatoms. The second-order valence-electron chi connectivity index (χ2n) is 9.13. The fourth-order valence-corrected chi connectivity index (χ4v) is 4.65. The molecular formula is C28H26ClN7O3. The van der Waals surface area contributed by atoms with E-state index in [0.717, 1.165) is 41.3 Å². The molecule has 0 atom stereocenters. The number of amides is 1. The number of morpholine rings is 1. The first-order chi connectivity index (χ1) is 19.1. The van der Waals surface area contributed by atoms with E-state index in [9.17, 15) is 4.79 Å². The van der Waals surface area contributed by atoms with Crippen molar-refractivity contribution in [1.82, 2.24) is 24.7 Å². The Morgan fingerprint density at radius 1 is 1.10 bits per heavy atom.